The molecular formula is C22H26ClN7O. The molecule has 3 aromatic heterocycles. The van der Waals surface area contributed by atoms with Crippen LogP contribution in [0.5, 0.6) is 0 Å². The van der Waals surface area contributed by atoms with Crippen molar-refractivity contribution in [3.63, 3.8) is 0 Å². The van der Waals surface area contributed by atoms with Crippen molar-refractivity contribution in [3.05, 3.63) is 41.5 Å². The largest absolute Gasteiger partial charge is 0.443 e. The number of aryl methyl sites for hydroxylation is 2. The van der Waals surface area contributed by atoms with Crippen LogP contribution in [0.4, 0.5) is 5.82 Å². The normalized spacial score (nSPS) is 11.6. The average Bonchev–Trinajstić information content (AvgIpc) is 3.41. The number of anilines is 1. The van der Waals surface area contributed by atoms with Gasteiger partial charge in [0.1, 0.15) is 22.7 Å². The van der Waals surface area contributed by atoms with Gasteiger partial charge in [0.2, 0.25) is 0 Å². The first-order valence-corrected chi connectivity index (χ1v) is 10.8. The molecule has 0 aliphatic rings. The molecule has 0 aliphatic heterocycles. The maximum absolute atomic E-state index is 6.46. The van der Waals surface area contributed by atoms with Gasteiger partial charge in [-0.3, -0.25) is 4.68 Å². The quantitative estimate of drug-likeness (QED) is 0.439. The van der Waals surface area contributed by atoms with Gasteiger partial charge in [0.25, 0.3) is 0 Å². The third-order valence-corrected chi connectivity index (χ3v) is 5.69. The number of oxazole rings is 1. The maximum atomic E-state index is 6.46. The molecule has 4 rings (SSSR count). The monoisotopic (exact) mass is 439 g/mol. The fourth-order valence-corrected chi connectivity index (χ4v) is 3.92. The molecule has 0 bridgehead atoms. The topological polar surface area (TPSA) is 98.9 Å². The first-order valence-electron chi connectivity index (χ1n) is 10.4. The Morgan fingerprint density at radius 3 is 2.68 bits per heavy atom. The second kappa shape index (κ2) is 9.03. The summed E-state index contributed by atoms with van der Waals surface area (Å²) in [5, 5.41) is 5.00. The highest BCUT2D eigenvalue weighted by Gasteiger charge is 2.19. The van der Waals surface area contributed by atoms with Crippen LogP contribution in [0.1, 0.15) is 26.0 Å². The minimum Gasteiger partial charge on any atom is -0.443 e. The van der Waals surface area contributed by atoms with Gasteiger partial charge in [-0.15, -0.1) is 0 Å². The number of rotatable bonds is 8. The third kappa shape index (κ3) is 4.40. The average molecular weight is 440 g/mol. The van der Waals surface area contributed by atoms with E-state index in [0.717, 1.165) is 43.7 Å². The molecule has 3 heterocycles. The van der Waals surface area contributed by atoms with E-state index in [0.29, 0.717) is 39.0 Å². The first-order chi connectivity index (χ1) is 15.0. The number of hydrogen-bond donors (Lipinski definition) is 1. The highest BCUT2D eigenvalue weighted by Crippen LogP contribution is 2.34. The number of halogens is 1. The van der Waals surface area contributed by atoms with Gasteiger partial charge in [-0.2, -0.15) is 5.10 Å². The third-order valence-electron chi connectivity index (χ3n) is 5.40. The number of benzene rings is 1. The van der Waals surface area contributed by atoms with E-state index in [2.05, 4.69) is 28.8 Å². The van der Waals surface area contributed by atoms with E-state index < -0.39 is 0 Å². The van der Waals surface area contributed by atoms with Crippen LogP contribution in [0.3, 0.4) is 0 Å². The molecule has 0 saturated heterocycles. The van der Waals surface area contributed by atoms with Crippen molar-refractivity contribution in [2.75, 3.05) is 25.4 Å². The van der Waals surface area contributed by atoms with E-state index in [4.69, 9.17) is 31.7 Å². The molecule has 0 aliphatic carbocycles. The number of nitrogens with zero attached hydrogens (tertiary/aromatic N) is 6. The molecule has 0 radical (unpaired) electrons. The van der Waals surface area contributed by atoms with Crippen LogP contribution in [-0.2, 0) is 13.5 Å². The minimum atomic E-state index is 0.427. The van der Waals surface area contributed by atoms with Gasteiger partial charge in [0.05, 0.1) is 16.4 Å². The summed E-state index contributed by atoms with van der Waals surface area (Å²) in [4.78, 5) is 16.2. The van der Waals surface area contributed by atoms with E-state index >= 15 is 0 Å². The summed E-state index contributed by atoms with van der Waals surface area (Å²) >= 11 is 6.46. The molecule has 0 fully saturated rings. The Kier molecular flexibility index (Phi) is 6.20. The zero-order chi connectivity index (χ0) is 22.0. The molecular weight excluding hydrogens is 414 g/mol. The van der Waals surface area contributed by atoms with Crippen LogP contribution in [-0.4, -0.2) is 49.3 Å². The van der Waals surface area contributed by atoms with Crippen molar-refractivity contribution in [1.82, 2.24) is 29.6 Å². The Morgan fingerprint density at radius 2 is 1.97 bits per heavy atom. The summed E-state index contributed by atoms with van der Waals surface area (Å²) in [6.07, 6.45) is 4.93. The van der Waals surface area contributed by atoms with Gasteiger partial charge in [0, 0.05) is 18.8 Å². The zero-order valence-electron chi connectivity index (χ0n) is 18.0. The van der Waals surface area contributed by atoms with Crippen LogP contribution in [0.25, 0.3) is 33.7 Å². The van der Waals surface area contributed by atoms with Crippen molar-refractivity contribution in [2.45, 2.75) is 26.7 Å². The molecule has 0 atom stereocenters. The molecule has 31 heavy (non-hydrogen) atoms. The molecule has 1 aromatic carbocycles. The van der Waals surface area contributed by atoms with Gasteiger partial charge in [0.15, 0.2) is 12.0 Å². The van der Waals surface area contributed by atoms with Gasteiger partial charge < -0.3 is 15.1 Å². The second-order valence-electron chi connectivity index (χ2n) is 7.42. The lowest BCUT2D eigenvalue weighted by Gasteiger charge is -2.18. The minimum absolute atomic E-state index is 0.427. The molecule has 0 saturated carbocycles. The van der Waals surface area contributed by atoms with Gasteiger partial charge in [-0.25, -0.2) is 15.0 Å². The standard InChI is InChI=1S/C22H26ClN7O/c1-4-30(5-2)9-6-7-17-22(24)27-21(16-8-10-29(3)28-16)19(26-17)14-11-15(23)20-18(12-14)31-13-25-20/h8,10-13H,4-7,9H2,1-3H3,(H2,24,27). The summed E-state index contributed by atoms with van der Waals surface area (Å²) in [6, 6.07) is 5.60. The van der Waals surface area contributed by atoms with Crippen LogP contribution < -0.4 is 5.73 Å². The summed E-state index contributed by atoms with van der Waals surface area (Å²) in [7, 11) is 1.86. The van der Waals surface area contributed by atoms with E-state index in [1.165, 1.54) is 6.39 Å². The molecule has 162 valence electrons. The van der Waals surface area contributed by atoms with Crippen LogP contribution >= 0.6 is 11.6 Å². The molecule has 8 nitrogen and oxygen atoms in total. The molecule has 0 amide bonds. The maximum Gasteiger partial charge on any atom is 0.182 e. The summed E-state index contributed by atoms with van der Waals surface area (Å²) in [6.45, 7) is 7.37. The van der Waals surface area contributed by atoms with E-state index in [1.54, 1.807) is 4.68 Å². The SMILES string of the molecule is CCN(CC)CCCc1nc(-c2cc(Cl)c3ncoc3c2)c(-c2ccn(C)n2)nc1N. The van der Waals surface area contributed by atoms with Crippen molar-refractivity contribution in [1.29, 1.82) is 0 Å². The molecule has 0 unspecified atom stereocenters. The Balaban J connectivity index is 1.77. The van der Waals surface area contributed by atoms with Crippen LogP contribution in [0, 0.1) is 0 Å². The van der Waals surface area contributed by atoms with Crippen molar-refractivity contribution >= 4 is 28.5 Å². The number of aromatic nitrogens is 5. The summed E-state index contributed by atoms with van der Waals surface area (Å²) < 4.78 is 7.21. The zero-order valence-corrected chi connectivity index (χ0v) is 18.7. The summed E-state index contributed by atoms with van der Waals surface area (Å²) in [5.74, 6) is 0.427. The number of fused-ring (bicyclic) bond motifs is 1. The van der Waals surface area contributed by atoms with Crippen molar-refractivity contribution in [3.8, 4) is 22.6 Å². The van der Waals surface area contributed by atoms with Gasteiger partial charge >= 0.3 is 0 Å². The smallest absolute Gasteiger partial charge is 0.182 e. The highest BCUT2D eigenvalue weighted by molar-refractivity contribution is 6.35. The number of nitrogen functional groups attached to an aromatic ring is 1. The van der Waals surface area contributed by atoms with Crippen LogP contribution in [0.2, 0.25) is 5.02 Å². The Bertz CT molecular complexity index is 1200. The summed E-state index contributed by atoms with van der Waals surface area (Å²) in [5.41, 5.74) is 11.1. The lowest BCUT2D eigenvalue weighted by atomic mass is 10.1. The van der Waals surface area contributed by atoms with E-state index in [9.17, 15) is 0 Å². The van der Waals surface area contributed by atoms with Gasteiger partial charge in [-0.05, 0) is 50.7 Å². The molecule has 0 spiro atoms. The van der Waals surface area contributed by atoms with E-state index in [1.807, 2.05) is 31.4 Å². The second-order valence-corrected chi connectivity index (χ2v) is 7.82. The Morgan fingerprint density at radius 1 is 1.16 bits per heavy atom. The van der Waals surface area contributed by atoms with Crippen LogP contribution in [0.15, 0.2) is 35.2 Å². The lowest BCUT2D eigenvalue weighted by molar-refractivity contribution is 0.299. The predicted molar refractivity (Wildman–Crippen MR) is 123 cm³/mol. The number of nitrogens with two attached hydrogens (primary N) is 1. The molecule has 9 heteroatoms. The van der Waals surface area contributed by atoms with Crippen molar-refractivity contribution < 1.29 is 4.42 Å². The highest BCUT2D eigenvalue weighted by atomic mass is 35.5. The molecule has 4 aromatic rings. The molecule has 2 N–H and O–H groups in total. The lowest BCUT2D eigenvalue weighted by Crippen LogP contribution is -2.24. The fraction of sp³-hybridized carbons (Fsp3) is 0.364. The Labute approximate surface area is 186 Å². The predicted octanol–water partition coefficient (Wildman–Crippen LogP) is 4.20. The van der Waals surface area contributed by atoms with E-state index in [-0.39, 0.29) is 0 Å². The first kappa shape index (κ1) is 21.3. The Hall–Kier alpha value is -2.97. The number of hydrogen-bond acceptors (Lipinski definition) is 7. The fourth-order valence-electron chi connectivity index (χ4n) is 3.66. The van der Waals surface area contributed by atoms with Crippen molar-refractivity contribution in [2.24, 2.45) is 7.05 Å². The van der Waals surface area contributed by atoms with Gasteiger partial charge in [-0.1, -0.05) is 25.4 Å².